The SMILES string of the molecule is CCc1nnc(CC(C)C)s1. The smallest absolute Gasteiger partial charge is 0.117 e. The standard InChI is InChI=1S/C8H14N2S/c1-4-7-9-10-8(11-7)5-6(2)3/h6H,4-5H2,1-3H3. The van der Waals surface area contributed by atoms with Gasteiger partial charge in [0.25, 0.3) is 0 Å². The van der Waals surface area contributed by atoms with Crippen molar-refractivity contribution in [2.75, 3.05) is 0 Å². The van der Waals surface area contributed by atoms with Gasteiger partial charge >= 0.3 is 0 Å². The highest BCUT2D eigenvalue weighted by Crippen LogP contribution is 2.13. The molecule has 1 heterocycles. The number of rotatable bonds is 3. The van der Waals surface area contributed by atoms with Crippen molar-refractivity contribution >= 4 is 11.3 Å². The van der Waals surface area contributed by atoms with E-state index < -0.39 is 0 Å². The van der Waals surface area contributed by atoms with E-state index in [1.54, 1.807) is 11.3 Å². The minimum atomic E-state index is 0.688. The van der Waals surface area contributed by atoms with E-state index in [0.717, 1.165) is 17.8 Å². The summed E-state index contributed by atoms with van der Waals surface area (Å²) in [7, 11) is 0. The Balaban J connectivity index is 2.58. The van der Waals surface area contributed by atoms with Crippen LogP contribution in [0.4, 0.5) is 0 Å². The summed E-state index contributed by atoms with van der Waals surface area (Å²) in [4.78, 5) is 0. The first-order chi connectivity index (χ1) is 5.22. The van der Waals surface area contributed by atoms with Crippen LogP contribution in [0.5, 0.6) is 0 Å². The van der Waals surface area contributed by atoms with Crippen molar-refractivity contribution in [3.63, 3.8) is 0 Å². The van der Waals surface area contributed by atoms with Crippen molar-refractivity contribution in [3.05, 3.63) is 10.0 Å². The van der Waals surface area contributed by atoms with Crippen LogP contribution in [0.1, 0.15) is 30.8 Å². The van der Waals surface area contributed by atoms with Gasteiger partial charge in [0.1, 0.15) is 10.0 Å². The van der Waals surface area contributed by atoms with Gasteiger partial charge in [0, 0.05) is 6.42 Å². The Labute approximate surface area is 71.7 Å². The molecule has 1 aromatic rings. The first-order valence-electron chi connectivity index (χ1n) is 4.03. The van der Waals surface area contributed by atoms with E-state index in [4.69, 9.17) is 0 Å². The van der Waals surface area contributed by atoms with Gasteiger partial charge in [-0.3, -0.25) is 0 Å². The molecule has 0 aromatic carbocycles. The molecule has 62 valence electrons. The zero-order valence-corrected chi connectivity index (χ0v) is 8.11. The molecule has 0 aliphatic heterocycles. The molecule has 0 amide bonds. The van der Waals surface area contributed by atoms with Gasteiger partial charge in [0.05, 0.1) is 0 Å². The second kappa shape index (κ2) is 3.81. The second-order valence-electron chi connectivity index (χ2n) is 3.04. The largest absolute Gasteiger partial charge is 0.144 e. The average Bonchev–Trinajstić information content (AvgIpc) is 2.34. The lowest BCUT2D eigenvalue weighted by Crippen LogP contribution is -1.92. The molecule has 3 heteroatoms. The minimum absolute atomic E-state index is 0.688. The maximum Gasteiger partial charge on any atom is 0.117 e. The van der Waals surface area contributed by atoms with Gasteiger partial charge in [-0.25, -0.2) is 0 Å². The normalized spacial score (nSPS) is 10.9. The Morgan fingerprint density at radius 1 is 1.27 bits per heavy atom. The van der Waals surface area contributed by atoms with Crippen LogP contribution in [0.15, 0.2) is 0 Å². The second-order valence-corrected chi connectivity index (χ2v) is 4.19. The van der Waals surface area contributed by atoms with Crippen LogP contribution >= 0.6 is 11.3 Å². The number of nitrogens with zero attached hydrogens (tertiary/aromatic N) is 2. The van der Waals surface area contributed by atoms with Crippen molar-refractivity contribution < 1.29 is 0 Å². The average molecular weight is 170 g/mol. The molecule has 2 nitrogen and oxygen atoms in total. The molecule has 0 fully saturated rings. The fourth-order valence-electron chi connectivity index (χ4n) is 0.863. The van der Waals surface area contributed by atoms with E-state index >= 15 is 0 Å². The molecule has 0 saturated heterocycles. The van der Waals surface area contributed by atoms with Crippen LogP contribution < -0.4 is 0 Å². The summed E-state index contributed by atoms with van der Waals surface area (Å²) in [6.45, 7) is 6.51. The van der Waals surface area contributed by atoms with Gasteiger partial charge in [-0.15, -0.1) is 21.5 Å². The fraction of sp³-hybridized carbons (Fsp3) is 0.750. The number of aromatic nitrogens is 2. The summed E-state index contributed by atoms with van der Waals surface area (Å²) < 4.78 is 0. The third-order valence-electron chi connectivity index (χ3n) is 1.39. The van der Waals surface area contributed by atoms with E-state index in [1.165, 1.54) is 5.01 Å². The van der Waals surface area contributed by atoms with Gasteiger partial charge in [-0.2, -0.15) is 0 Å². The lowest BCUT2D eigenvalue weighted by Gasteiger charge is -1.96. The monoisotopic (exact) mass is 170 g/mol. The van der Waals surface area contributed by atoms with Crippen LogP contribution in [0.25, 0.3) is 0 Å². The molecule has 0 aliphatic rings. The lowest BCUT2D eigenvalue weighted by atomic mass is 10.1. The highest BCUT2D eigenvalue weighted by molar-refractivity contribution is 7.11. The van der Waals surface area contributed by atoms with E-state index in [9.17, 15) is 0 Å². The molecule has 0 saturated carbocycles. The first kappa shape index (κ1) is 8.65. The highest BCUT2D eigenvalue weighted by Gasteiger charge is 2.03. The Morgan fingerprint density at radius 3 is 2.36 bits per heavy atom. The third-order valence-corrected chi connectivity index (χ3v) is 2.48. The third kappa shape index (κ3) is 2.58. The van der Waals surface area contributed by atoms with Crippen molar-refractivity contribution in [1.29, 1.82) is 0 Å². The maximum atomic E-state index is 4.10. The Morgan fingerprint density at radius 2 is 1.91 bits per heavy atom. The van der Waals surface area contributed by atoms with Crippen LogP contribution in [-0.2, 0) is 12.8 Å². The molecular formula is C8H14N2S. The Bertz CT molecular complexity index is 218. The molecule has 0 spiro atoms. The molecule has 0 aliphatic carbocycles. The quantitative estimate of drug-likeness (QED) is 0.695. The molecular weight excluding hydrogens is 156 g/mol. The highest BCUT2D eigenvalue weighted by atomic mass is 32.1. The predicted octanol–water partition coefficient (Wildman–Crippen LogP) is 2.30. The molecule has 0 radical (unpaired) electrons. The van der Waals surface area contributed by atoms with Gasteiger partial charge in [-0.1, -0.05) is 20.8 Å². The summed E-state index contributed by atoms with van der Waals surface area (Å²) in [5, 5.41) is 10.5. The van der Waals surface area contributed by atoms with E-state index in [1.807, 2.05) is 0 Å². The predicted molar refractivity (Wildman–Crippen MR) is 47.8 cm³/mol. The van der Waals surface area contributed by atoms with Gasteiger partial charge in [0.2, 0.25) is 0 Å². The molecule has 0 bridgehead atoms. The van der Waals surface area contributed by atoms with Crippen molar-refractivity contribution in [2.45, 2.75) is 33.6 Å². The maximum absolute atomic E-state index is 4.10. The summed E-state index contributed by atoms with van der Waals surface area (Å²) in [5.74, 6) is 0.688. The van der Waals surface area contributed by atoms with Crippen LogP contribution in [0, 0.1) is 5.92 Å². The van der Waals surface area contributed by atoms with E-state index in [0.29, 0.717) is 5.92 Å². The van der Waals surface area contributed by atoms with E-state index in [-0.39, 0.29) is 0 Å². The first-order valence-corrected chi connectivity index (χ1v) is 4.85. The topological polar surface area (TPSA) is 25.8 Å². The van der Waals surface area contributed by atoms with Gasteiger partial charge < -0.3 is 0 Å². The lowest BCUT2D eigenvalue weighted by molar-refractivity contribution is 0.639. The fourth-order valence-corrected chi connectivity index (χ4v) is 1.86. The molecule has 0 atom stereocenters. The van der Waals surface area contributed by atoms with E-state index in [2.05, 4.69) is 31.0 Å². The van der Waals surface area contributed by atoms with Crippen LogP contribution in [0.2, 0.25) is 0 Å². The Kier molecular flexibility index (Phi) is 3.00. The van der Waals surface area contributed by atoms with Gasteiger partial charge in [0.15, 0.2) is 0 Å². The summed E-state index contributed by atoms with van der Waals surface area (Å²) >= 11 is 1.74. The van der Waals surface area contributed by atoms with Crippen LogP contribution in [-0.4, -0.2) is 10.2 Å². The van der Waals surface area contributed by atoms with Crippen molar-refractivity contribution in [1.82, 2.24) is 10.2 Å². The zero-order valence-electron chi connectivity index (χ0n) is 7.29. The minimum Gasteiger partial charge on any atom is -0.144 e. The molecule has 11 heavy (non-hydrogen) atoms. The molecule has 0 N–H and O–H groups in total. The van der Waals surface area contributed by atoms with Crippen molar-refractivity contribution in [3.8, 4) is 0 Å². The molecule has 0 unspecified atom stereocenters. The van der Waals surface area contributed by atoms with Crippen LogP contribution in [0.3, 0.4) is 0 Å². The number of aryl methyl sites for hydroxylation is 1. The summed E-state index contributed by atoms with van der Waals surface area (Å²) in [6, 6.07) is 0. The molecule has 1 aromatic heterocycles. The Hall–Kier alpha value is -0.440. The van der Waals surface area contributed by atoms with Gasteiger partial charge in [-0.05, 0) is 12.3 Å². The van der Waals surface area contributed by atoms with Crippen molar-refractivity contribution in [2.24, 2.45) is 5.92 Å². The number of hydrogen-bond acceptors (Lipinski definition) is 3. The number of hydrogen-bond donors (Lipinski definition) is 0. The molecule has 1 rings (SSSR count). The summed E-state index contributed by atoms with van der Waals surface area (Å²) in [5.41, 5.74) is 0. The summed E-state index contributed by atoms with van der Waals surface area (Å²) in [6.07, 6.45) is 2.08. The zero-order chi connectivity index (χ0) is 8.27.